The van der Waals surface area contributed by atoms with Gasteiger partial charge in [-0.25, -0.2) is 15.0 Å². The lowest BCUT2D eigenvalue weighted by molar-refractivity contribution is -0.141. The lowest BCUT2D eigenvalue weighted by atomic mass is 9.97. The first-order chi connectivity index (χ1) is 24.1. The molecule has 1 aromatic rings. The molecule has 1 aromatic heterocycles. The van der Waals surface area contributed by atoms with E-state index in [-0.39, 0.29) is 51.9 Å². The molecule has 0 saturated carbocycles. The van der Waals surface area contributed by atoms with Gasteiger partial charge in [-0.05, 0) is 69.5 Å². The Morgan fingerprint density at radius 1 is 0.923 bits per heavy atom. The SMILES string of the molecule is CC(C)(C)S(C)(C)C.CCCC(CCC)C(=O)NCCCOC(C)C.CCCc1nc(C(=O)NC(CS)C(=O)NCC(=O)OC)cs1.COC(C)=O. The van der Waals surface area contributed by atoms with Crippen molar-refractivity contribution in [2.45, 2.75) is 124 Å². The van der Waals surface area contributed by atoms with Crippen LogP contribution in [-0.2, 0) is 39.8 Å². The summed E-state index contributed by atoms with van der Waals surface area (Å²) in [5.74, 6) is -1.23. The number of carbonyl (C=O) groups excluding carboxylic acids is 5. The molecule has 15 heteroatoms. The van der Waals surface area contributed by atoms with Gasteiger partial charge in [0.15, 0.2) is 0 Å². The molecule has 3 N–H and O–H groups in total. The number of carbonyl (C=O) groups is 5. The van der Waals surface area contributed by atoms with Crippen LogP contribution in [0.2, 0.25) is 0 Å². The number of aromatic nitrogens is 1. The van der Waals surface area contributed by atoms with Gasteiger partial charge < -0.3 is 30.2 Å². The van der Waals surface area contributed by atoms with Crippen molar-refractivity contribution in [1.82, 2.24) is 20.9 Å². The fraction of sp³-hybridized carbons (Fsp3) is 0.784. The number of ether oxygens (including phenoxy) is 3. The van der Waals surface area contributed by atoms with Crippen LogP contribution in [0.1, 0.15) is 116 Å². The summed E-state index contributed by atoms with van der Waals surface area (Å²) in [6.45, 7) is 19.8. The fourth-order valence-electron chi connectivity index (χ4n) is 3.38. The Morgan fingerprint density at radius 3 is 1.87 bits per heavy atom. The van der Waals surface area contributed by atoms with Crippen LogP contribution in [0.3, 0.4) is 0 Å². The fourth-order valence-corrected chi connectivity index (χ4v) is 4.51. The first-order valence-electron chi connectivity index (χ1n) is 18.0. The minimum absolute atomic E-state index is 0.102. The van der Waals surface area contributed by atoms with E-state index >= 15 is 0 Å². The van der Waals surface area contributed by atoms with E-state index in [9.17, 15) is 24.0 Å². The van der Waals surface area contributed by atoms with Gasteiger partial charge >= 0.3 is 11.9 Å². The summed E-state index contributed by atoms with van der Waals surface area (Å²) in [6.07, 6.45) is 14.2. The summed E-state index contributed by atoms with van der Waals surface area (Å²) in [5, 5.41) is 10.5. The van der Waals surface area contributed by atoms with Gasteiger partial charge in [0.2, 0.25) is 11.8 Å². The van der Waals surface area contributed by atoms with Crippen molar-refractivity contribution in [2.24, 2.45) is 5.92 Å². The maximum Gasteiger partial charge on any atom is 0.325 e. The number of esters is 2. The highest BCUT2D eigenvalue weighted by atomic mass is 32.3. The second-order valence-electron chi connectivity index (χ2n) is 13.9. The molecule has 52 heavy (non-hydrogen) atoms. The summed E-state index contributed by atoms with van der Waals surface area (Å²) in [5.41, 5.74) is 0.279. The molecule has 0 spiro atoms. The van der Waals surface area contributed by atoms with E-state index in [0.29, 0.717) is 4.75 Å². The Labute approximate surface area is 326 Å². The third kappa shape index (κ3) is 29.1. The normalized spacial score (nSPS) is 11.7. The second kappa shape index (κ2) is 31.0. The zero-order chi connectivity index (χ0) is 40.9. The first-order valence-corrected chi connectivity index (χ1v) is 22.3. The number of thiol groups is 1. The number of thiazole rings is 1. The van der Waals surface area contributed by atoms with Crippen molar-refractivity contribution in [3.05, 3.63) is 16.1 Å². The summed E-state index contributed by atoms with van der Waals surface area (Å²) < 4.78 is 14.5. The molecule has 0 fully saturated rings. The molecular formula is C37H72N4O8S3. The lowest BCUT2D eigenvalue weighted by Gasteiger charge is -2.40. The molecule has 0 bridgehead atoms. The van der Waals surface area contributed by atoms with Crippen molar-refractivity contribution in [3.8, 4) is 0 Å². The van der Waals surface area contributed by atoms with Gasteiger partial charge in [-0.15, -0.1) is 11.3 Å². The highest BCUT2D eigenvalue weighted by Crippen LogP contribution is 2.48. The average molecular weight is 797 g/mol. The largest absolute Gasteiger partial charge is 0.469 e. The van der Waals surface area contributed by atoms with E-state index in [1.54, 1.807) is 5.38 Å². The van der Waals surface area contributed by atoms with Gasteiger partial charge in [0, 0.05) is 37.1 Å². The predicted octanol–water partition coefficient (Wildman–Crippen LogP) is 6.21. The number of aryl methyl sites for hydroxylation is 1. The standard InChI is InChI=1S/C14H29NO2.C13H19N3O4S2.C7H18S.C3H6O2/c1-5-8-13(9-6-2)14(16)15-10-7-11-17-12(3)4;1-3-4-10-15-9(7-22-10)13(19)16-8(6-21)12(18)14-5-11(17)20-2;1-7(2,3)8(4,5)6;1-3(4)5-2/h12-13H,5-11H2,1-4H3,(H,15,16);7-8,21H,3-6H2,1-2H3,(H,14,18)(H,16,19);1-6H3;1-2H3. The van der Waals surface area contributed by atoms with Crippen LogP contribution in [0.25, 0.3) is 0 Å². The summed E-state index contributed by atoms with van der Waals surface area (Å²) in [4.78, 5) is 60.6. The van der Waals surface area contributed by atoms with Crippen LogP contribution in [-0.4, -0.2) is 110 Å². The minimum atomic E-state index is -0.850. The molecule has 1 unspecified atom stereocenters. The zero-order valence-electron chi connectivity index (χ0n) is 34.6. The highest BCUT2D eigenvalue weighted by molar-refractivity contribution is 8.33. The van der Waals surface area contributed by atoms with Crippen LogP contribution in [0.15, 0.2) is 5.38 Å². The molecule has 3 amide bonds. The summed E-state index contributed by atoms with van der Waals surface area (Å²) >= 11 is 5.45. The smallest absolute Gasteiger partial charge is 0.325 e. The predicted molar refractivity (Wildman–Crippen MR) is 221 cm³/mol. The Balaban J connectivity index is -0.000000703. The monoisotopic (exact) mass is 796 g/mol. The Morgan fingerprint density at radius 2 is 1.46 bits per heavy atom. The van der Waals surface area contributed by atoms with Gasteiger partial charge in [-0.3, -0.25) is 24.0 Å². The Bertz CT molecular complexity index is 1120. The highest BCUT2D eigenvalue weighted by Gasteiger charge is 2.23. The average Bonchev–Trinajstić information content (AvgIpc) is 3.54. The van der Waals surface area contributed by atoms with Crippen molar-refractivity contribution >= 4 is 63.7 Å². The van der Waals surface area contributed by atoms with Gasteiger partial charge in [-0.2, -0.15) is 12.6 Å². The van der Waals surface area contributed by atoms with Crippen molar-refractivity contribution in [1.29, 1.82) is 0 Å². The van der Waals surface area contributed by atoms with Gasteiger partial charge in [-0.1, -0.05) is 54.4 Å². The number of nitrogens with one attached hydrogen (secondary N) is 3. The number of amides is 3. The summed E-state index contributed by atoms with van der Waals surface area (Å²) in [6, 6.07) is -0.850. The second-order valence-corrected chi connectivity index (χ2v) is 20.1. The summed E-state index contributed by atoms with van der Waals surface area (Å²) in [7, 11) is 2.23. The van der Waals surface area contributed by atoms with E-state index in [4.69, 9.17) is 4.74 Å². The van der Waals surface area contributed by atoms with Crippen LogP contribution in [0.4, 0.5) is 0 Å². The van der Waals surface area contributed by atoms with Crippen molar-refractivity contribution in [3.63, 3.8) is 0 Å². The number of methoxy groups -OCH3 is 2. The number of nitrogens with zero attached hydrogens (tertiary/aromatic N) is 1. The maximum atomic E-state index is 12.1. The van der Waals surface area contributed by atoms with Crippen molar-refractivity contribution in [2.75, 3.05) is 58.4 Å². The minimum Gasteiger partial charge on any atom is -0.469 e. The number of hydrogen-bond donors (Lipinski definition) is 4. The van der Waals surface area contributed by atoms with E-state index < -0.39 is 23.8 Å². The number of hydrogen-bond acceptors (Lipinski definition) is 11. The van der Waals surface area contributed by atoms with E-state index in [2.05, 4.69) is 96.4 Å². The zero-order valence-corrected chi connectivity index (χ0v) is 37.1. The van der Waals surface area contributed by atoms with Gasteiger partial charge in [0.25, 0.3) is 5.91 Å². The lowest BCUT2D eigenvalue weighted by Crippen LogP contribution is -2.49. The molecule has 0 saturated heterocycles. The van der Waals surface area contributed by atoms with Crippen LogP contribution in [0.5, 0.6) is 0 Å². The van der Waals surface area contributed by atoms with E-state index in [0.717, 1.165) is 63.1 Å². The van der Waals surface area contributed by atoms with Gasteiger partial charge in [0.1, 0.15) is 18.3 Å². The molecule has 1 rings (SSSR count). The van der Waals surface area contributed by atoms with Gasteiger partial charge in [0.05, 0.1) is 25.3 Å². The molecule has 0 aliphatic rings. The van der Waals surface area contributed by atoms with Crippen LogP contribution >= 0.6 is 34.0 Å². The Hall–Kier alpha value is -2.36. The Kier molecular flexibility index (Phi) is 32.2. The molecular weight excluding hydrogens is 725 g/mol. The number of rotatable bonds is 18. The molecule has 12 nitrogen and oxygen atoms in total. The van der Waals surface area contributed by atoms with Crippen LogP contribution < -0.4 is 16.0 Å². The van der Waals surface area contributed by atoms with E-state index in [1.807, 2.05) is 20.8 Å². The van der Waals surface area contributed by atoms with E-state index in [1.165, 1.54) is 32.5 Å². The van der Waals surface area contributed by atoms with Crippen molar-refractivity contribution < 1.29 is 38.2 Å². The molecule has 0 aliphatic carbocycles. The molecule has 0 aromatic carbocycles. The van der Waals surface area contributed by atoms with Crippen LogP contribution in [0, 0.1) is 5.92 Å². The molecule has 0 aliphatic heterocycles. The third-order valence-corrected chi connectivity index (χ3v) is 12.5. The molecule has 1 heterocycles. The third-order valence-electron chi connectivity index (χ3n) is 7.53. The topological polar surface area (TPSA) is 162 Å². The maximum absolute atomic E-state index is 12.1. The molecule has 0 radical (unpaired) electrons. The molecule has 306 valence electrons. The molecule has 1 atom stereocenters. The quantitative estimate of drug-likeness (QED) is 0.0770. The first kappa shape index (κ1) is 54.0.